The van der Waals surface area contributed by atoms with Crippen LogP contribution in [0.1, 0.15) is 12.5 Å². The van der Waals surface area contributed by atoms with Crippen molar-refractivity contribution in [3.63, 3.8) is 0 Å². The number of amides is 1. The standard InChI is InChI=1S/C18H19N2O5PS2/c1-2-19-10-9-13(14-5-3-4-6-15(14)19)7-8-16-17(21)20(18(27)28-16)11-12-25-26(22,23)24/h3-10H,2,11-12H2,1H3,(H2,22,23,24)/b13-7+,16-8-. The largest absolute Gasteiger partial charge is 0.469 e. The Morgan fingerprint density at radius 2 is 2.04 bits per heavy atom. The summed E-state index contributed by atoms with van der Waals surface area (Å²) in [6, 6.07) is 8.05. The maximum atomic E-state index is 12.5. The first-order chi connectivity index (χ1) is 13.3. The molecule has 0 spiro atoms. The molecule has 2 aliphatic heterocycles. The summed E-state index contributed by atoms with van der Waals surface area (Å²) in [5.74, 6) is -0.301. The molecule has 0 atom stereocenters. The van der Waals surface area contributed by atoms with Crippen molar-refractivity contribution in [1.82, 2.24) is 4.90 Å². The minimum absolute atomic E-state index is 0.0160. The van der Waals surface area contributed by atoms with E-state index in [1.54, 1.807) is 6.08 Å². The normalized spacial score (nSPS) is 19.8. The molecular weight excluding hydrogens is 419 g/mol. The molecule has 1 fully saturated rings. The maximum absolute atomic E-state index is 12.5. The van der Waals surface area contributed by atoms with E-state index >= 15 is 0 Å². The predicted octanol–water partition coefficient (Wildman–Crippen LogP) is 3.28. The Bertz CT molecular complexity index is 938. The van der Waals surface area contributed by atoms with Crippen LogP contribution in [0, 0.1) is 0 Å². The highest BCUT2D eigenvalue weighted by molar-refractivity contribution is 8.26. The van der Waals surface area contributed by atoms with Crippen LogP contribution in [-0.2, 0) is 13.9 Å². The van der Waals surface area contributed by atoms with Crippen LogP contribution in [0.2, 0.25) is 0 Å². The van der Waals surface area contributed by atoms with E-state index in [-0.39, 0.29) is 19.1 Å². The van der Waals surface area contributed by atoms with Gasteiger partial charge < -0.3 is 14.7 Å². The molecule has 148 valence electrons. The molecule has 28 heavy (non-hydrogen) atoms. The van der Waals surface area contributed by atoms with Crippen LogP contribution < -0.4 is 4.90 Å². The molecule has 0 aliphatic carbocycles. The van der Waals surface area contributed by atoms with E-state index in [2.05, 4.69) is 22.4 Å². The number of nitrogens with zero attached hydrogens (tertiary/aromatic N) is 2. The Morgan fingerprint density at radius 3 is 2.75 bits per heavy atom. The van der Waals surface area contributed by atoms with Crippen LogP contribution >= 0.6 is 31.8 Å². The smallest absolute Gasteiger partial charge is 0.348 e. The molecule has 0 aromatic heterocycles. The molecular formula is C18H19N2O5PS2. The molecule has 3 rings (SSSR count). The number of fused-ring (bicyclic) bond motifs is 1. The first kappa shape index (κ1) is 21.0. The Hall–Kier alpha value is -1.74. The summed E-state index contributed by atoms with van der Waals surface area (Å²) < 4.78 is 15.5. The summed E-state index contributed by atoms with van der Waals surface area (Å²) >= 11 is 6.36. The molecule has 1 saturated heterocycles. The summed E-state index contributed by atoms with van der Waals surface area (Å²) in [6.07, 6.45) is 7.60. The molecule has 2 N–H and O–H groups in total. The maximum Gasteiger partial charge on any atom is 0.469 e. The fraction of sp³-hybridized carbons (Fsp3) is 0.222. The zero-order valence-corrected chi connectivity index (χ0v) is 17.5. The number of phosphoric acid groups is 1. The Kier molecular flexibility index (Phi) is 6.54. The molecule has 1 amide bonds. The second kappa shape index (κ2) is 8.73. The molecule has 2 aliphatic rings. The first-order valence-corrected chi connectivity index (χ1v) is 11.3. The van der Waals surface area contributed by atoms with E-state index < -0.39 is 7.82 Å². The van der Waals surface area contributed by atoms with Crippen molar-refractivity contribution in [1.29, 1.82) is 0 Å². The average Bonchev–Trinajstić information content (AvgIpc) is 2.92. The van der Waals surface area contributed by atoms with Crippen LogP contribution in [0.3, 0.4) is 0 Å². The number of allylic oxidation sites excluding steroid dienone is 4. The zero-order valence-electron chi connectivity index (χ0n) is 15.0. The highest BCUT2D eigenvalue weighted by Gasteiger charge is 2.32. The van der Waals surface area contributed by atoms with Crippen LogP contribution in [0.25, 0.3) is 5.57 Å². The van der Waals surface area contributed by atoms with Crippen LogP contribution in [-0.4, -0.2) is 44.6 Å². The topological polar surface area (TPSA) is 90.3 Å². The lowest BCUT2D eigenvalue weighted by atomic mass is 9.99. The summed E-state index contributed by atoms with van der Waals surface area (Å²) in [6.45, 7) is 2.62. The third kappa shape index (κ3) is 4.81. The number of anilines is 1. The van der Waals surface area contributed by atoms with Gasteiger partial charge in [0.25, 0.3) is 5.91 Å². The van der Waals surface area contributed by atoms with Gasteiger partial charge >= 0.3 is 7.82 Å². The summed E-state index contributed by atoms with van der Waals surface area (Å²) in [4.78, 5) is 33.9. The van der Waals surface area contributed by atoms with Crippen LogP contribution in [0.4, 0.5) is 5.69 Å². The molecule has 0 saturated carbocycles. The fourth-order valence-electron chi connectivity index (χ4n) is 2.85. The molecule has 1 aromatic rings. The molecule has 1 aromatic carbocycles. The predicted molar refractivity (Wildman–Crippen MR) is 115 cm³/mol. The van der Waals surface area contributed by atoms with Gasteiger partial charge in [0.05, 0.1) is 18.1 Å². The Morgan fingerprint density at radius 1 is 1.29 bits per heavy atom. The quantitative estimate of drug-likeness (QED) is 0.397. The second-order valence-electron chi connectivity index (χ2n) is 5.92. The molecule has 0 bridgehead atoms. The number of carbonyl (C=O) groups is 1. The van der Waals surface area contributed by atoms with E-state index in [0.717, 1.165) is 35.1 Å². The van der Waals surface area contributed by atoms with Gasteiger partial charge in [-0.3, -0.25) is 14.2 Å². The number of phosphoric ester groups is 1. The van der Waals surface area contributed by atoms with Crippen molar-refractivity contribution in [2.75, 3.05) is 24.6 Å². The van der Waals surface area contributed by atoms with Gasteiger partial charge in [0.1, 0.15) is 4.32 Å². The Balaban J connectivity index is 1.76. The number of thioether (sulfide) groups is 1. The number of thiocarbonyl (C=S) groups is 1. The third-order valence-corrected chi connectivity index (χ3v) is 6.08. The van der Waals surface area contributed by atoms with E-state index in [9.17, 15) is 9.36 Å². The van der Waals surface area contributed by atoms with Gasteiger partial charge in [-0.05, 0) is 30.7 Å². The zero-order chi connectivity index (χ0) is 20.3. The first-order valence-electron chi connectivity index (χ1n) is 8.50. The lowest BCUT2D eigenvalue weighted by Gasteiger charge is -2.26. The minimum atomic E-state index is -4.57. The van der Waals surface area contributed by atoms with E-state index in [1.807, 2.05) is 36.6 Å². The van der Waals surface area contributed by atoms with Gasteiger partial charge in [-0.2, -0.15) is 0 Å². The number of para-hydroxylation sites is 1. The number of hydrogen-bond donors (Lipinski definition) is 2. The average molecular weight is 438 g/mol. The van der Waals surface area contributed by atoms with E-state index in [1.165, 1.54) is 4.90 Å². The number of rotatable bonds is 6. The third-order valence-electron chi connectivity index (χ3n) is 4.16. The van der Waals surface area contributed by atoms with Crippen LogP contribution in [0.15, 0.2) is 53.6 Å². The number of carbonyl (C=O) groups excluding carboxylic acids is 1. The van der Waals surface area contributed by atoms with Gasteiger partial charge in [0.2, 0.25) is 0 Å². The molecule has 0 radical (unpaired) electrons. The molecule has 2 heterocycles. The van der Waals surface area contributed by atoms with Crippen molar-refractivity contribution >= 4 is 53.3 Å². The number of benzene rings is 1. The highest BCUT2D eigenvalue weighted by atomic mass is 32.2. The van der Waals surface area contributed by atoms with Crippen molar-refractivity contribution in [2.45, 2.75) is 6.92 Å². The van der Waals surface area contributed by atoms with Gasteiger partial charge in [-0.25, -0.2) is 4.57 Å². The van der Waals surface area contributed by atoms with Crippen molar-refractivity contribution in [2.24, 2.45) is 0 Å². The van der Waals surface area contributed by atoms with Gasteiger partial charge in [0, 0.05) is 24.0 Å². The summed E-state index contributed by atoms with van der Waals surface area (Å²) in [5.41, 5.74) is 3.17. The van der Waals surface area contributed by atoms with Crippen molar-refractivity contribution in [3.8, 4) is 0 Å². The molecule has 0 unspecified atom stereocenters. The lowest BCUT2D eigenvalue weighted by Crippen LogP contribution is -2.31. The van der Waals surface area contributed by atoms with Crippen molar-refractivity contribution < 1.29 is 23.7 Å². The number of hydrogen-bond acceptors (Lipinski definition) is 6. The SMILES string of the molecule is CCN1C=C/C(=C\C=C2/SC(=S)N(CCOP(=O)(O)O)C2=O)c2ccccc21. The van der Waals surface area contributed by atoms with Gasteiger partial charge in [0.15, 0.2) is 0 Å². The lowest BCUT2D eigenvalue weighted by molar-refractivity contribution is -0.122. The summed E-state index contributed by atoms with van der Waals surface area (Å²) in [7, 11) is -4.57. The fourth-order valence-corrected chi connectivity index (χ4v) is 4.42. The second-order valence-corrected chi connectivity index (χ2v) is 8.84. The Labute approximate surface area is 172 Å². The van der Waals surface area contributed by atoms with Crippen LogP contribution in [0.5, 0.6) is 0 Å². The van der Waals surface area contributed by atoms with E-state index in [4.69, 9.17) is 22.0 Å². The van der Waals surface area contributed by atoms with Gasteiger partial charge in [-0.1, -0.05) is 48.3 Å². The minimum Gasteiger partial charge on any atom is -0.348 e. The molecule has 10 heteroatoms. The summed E-state index contributed by atoms with van der Waals surface area (Å²) in [5, 5.41) is 0. The van der Waals surface area contributed by atoms with Gasteiger partial charge in [-0.15, -0.1) is 0 Å². The molecule has 7 nitrogen and oxygen atoms in total. The van der Waals surface area contributed by atoms with E-state index in [0.29, 0.717) is 9.23 Å². The highest BCUT2D eigenvalue weighted by Crippen LogP contribution is 2.37. The monoisotopic (exact) mass is 438 g/mol. The van der Waals surface area contributed by atoms with Crippen molar-refractivity contribution in [3.05, 3.63) is 59.2 Å².